The molecule has 7 nitrogen and oxygen atoms in total. The molecular formula is C22H25N5O2S. The smallest absolute Gasteiger partial charge is 0.265 e. The Morgan fingerprint density at radius 3 is 2.73 bits per heavy atom. The van der Waals surface area contributed by atoms with Crippen molar-refractivity contribution in [2.75, 3.05) is 16.8 Å². The lowest BCUT2D eigenvalue weighted by molar-refractivity contribution is -0.117. The molecule has 4 heterocycles. The molecule has 1 N–H and O–H groups in total. The molecule has 2 fully saturated rings. The number of aromatic nitrogens is 3. The third kappa shape index (κ3) is 3.49. The van der Waals surface area contributed by atoms with Crippen LogP contribution in [0.3, 0.4) is 0 Å². The van der Waals surface area contributed by atoms with Gasteiger partial charge in [-0.25, -0.2) is 4.98 Å². The average molecular weight is 424 g/mol. The second kappa shape index (κ2) is 7.83. The van der Waals surface area contributed by atoms with Crippen molar-refractivity contribution in [1.29, 1.82) is 0 Å². The van der Waals surface area contributed by atoms with Gasteiger partial charge < -0.3 is 5.32 Å². The van der Waals surface area contributed by atoms with E-state index in [4.69, 9.17) is 5.10 Å². The fraction of sp³-hybridized carbons (Fsp3) is 0.455. The number of hydrogen-bond acceptors (Lipinski definition) is 5. The van der Waals surface area contributed by atoms with Gasteiger partial charge in [0.05, 0.1) is 28.5 Å². The number of pyridine rings is 1. The maximum absolute atomic E-state index is 12.9. The molecule has 0 radical (unpaired) electrons. The van der Waals surface area contributed by atoms with Crippen molar-refractivity contribution in [2.24, 2.45) is 0 Å². The molecule has 156 valence electrons. The summed E-state index contributed by atoms with van der Waals surface area (Å²) in [4.78, 5) is 32.5. The normalized spacial score (nSPS) is 17.8. The van der Waals surface area contributed by atoms with Crippen molar-refractivity contribution in [3.8, 4) is 0 Å². The van der Waals surface area contributed by atoms with Crippen LogP contribution in [0.2, 0.25) is 0 Å². The van der Waals surface area contributed by atoms with E-state index in [1.165, 1.54) is 30.6 Å². The second-order valence-electron chi connectivity index (χ2n) is 8.16. The van der Waals surface area contributed by atoms with E-state index in [0.717, 1.165) is 35.2 Å². The highest BCUT2D eigenvalue weighted by Crippen LogP contribution is 2.35. The molecule has 0 bridgehead atoms. The molecule has 8 heteroatoms. The largest absolute Gasteiger partial charge is 0.320 e. The van der Waals surface area contributed by atoms with E-state index in [-0.39, 0.29) is 11.8 Å². The van der Waals surface area contributed by atoms with Gasteiger partial charge in [0, 0.05) is 18.4 Å². The second-order valence-corrected chi connectivity index (χ2v) is 9.19. The molecule has 0 spiro atoms. The lowest BCUT2D eigenvalue weighted by Crippen LogP contribution is -2.24. The van der Waals surface area contributed by atoms with Gasteiger partial charge in [0.15, 0.2) is 0 Å². The van der Waals surface area contributed by atoms with Crippen LogP contribution in [0.25, 0.3) is 10.2 Å². The van der Waals surface area contributed by atoms with E-state index < -0.39 is 0 Å². The predicted octanol–water partition coefficient (Wildman–Crippen LogP) is 4.69. The number of nitrogens with one attached hydrogen (secondary N) is 1. The molecule has 1 saturated heterocycles. The summed E-state index contributed by atoms with van der Waals surface area (Å²) in [6.45, 7) is 2.72. The summed E-state index contributed by atoms with van der Waals surface area (Å²) in [6.07, 6.45) is 9.16. The van der Waals surface area contributed by atoms with Crippen LogP contribution >= 0.6 is 11.3 Å². The molecule has 1 saturated carbocycles. The van der Waals surface area contributed by atoms with Crippen molar-refractivity contribution in [1.82, 2.24) is 14.8 Å². The highest BCUT2D eigenvalue weighted by atomic mass is 32.1. The average Bonchev–Trinajstić information content (AvgIpc) is 3.46. The molecule has 2 amide bonds. The monoisotopic (exact) mass is 423 g/mol. The Morgan fingerprint density at radius 1 is 1.20 bits per heavy atom. The van der Waals surface area contributed by atoms with Crippen LogP contribution in [0.1, 0.15) is 66.4 Å². The van der Waals surface area contributed by atoms with E-state index in [1.807, 2.05) is 13.0 Å². The predicted molar refractivity (Wildman–Crippen MR) is 118 cm³/mol. The number of carbonyl (C=O) groups is 2. The molecular weight excluding hydrogens is 398 g/mol. The Bertz CT molecular complexity index is 1090. The number of amides is 2. The third-order valence-electron chi connectivity index (χ3n) is 6.07. The van der Waals surface area contributed by atoms with Crippen molar-refractivity contribution in [2.45, 2.75) is 57.9 Å². The summed E-state index contributed by atoms with van der Waals surface area (Å²) in [5.74, 6) is 0.602. The van der Waals surface area contributed by atoms with Gasteiger partial charge in [0.2, 0.25) is 5.91 Å². The first kappa shape index (κ1) is 19.2. The minimum absolute atomic E-state index is 0.104. The fourth-order valence-corrected chi connectivity index (χ4v) is 5.59. The third-order valence-corrected chi connectivity index (χ3v) is 7.19. The summed E-state index contributed by atoms with van der Waals surface area (Å²) < 4.78 is 2.15. The standard InChI is InChI=1S/C22H25N5O2S/c1-14-17-12-18(30-22(17)27(25-14)16-6-3-2-4-7-16)21(29)24-15-9-10-19(23-13-15)26-11-5-8-20(26)28/h9-10,12-13,16H,2-8,11H2,1H3,(H,24,29). The number of carbonyl (C=O) groups excluding carboxylic acids is 2. The van der Waals surface area contributed by atoms with Crippen LogP contribution in [0, 0.1) is 6.92 Å². The van der Waals surface area contributed by atoms with Crippen LogP contribution < -0.4 is 10.2 Å². The zero-order chi connectivity index (χ0) is 20.7. The number of thiophene rings is 1. The van der Waals surface area contributed by atoms with Gasteiger partial charge in [-0.1, -0.05) is 19.3 Å². The molecule has 1 aliphatic carbocycles. The van der Waals surface area contributed by atoms with Gasteiger partial charge in [0.1, 0.15) is 10.6 Å². The van der Waals surface area contributed by atoms with Crippen LogP contribution in [0.4, 0.5) is 11.5 Å². The first-order chi connectivity index (χ1) is 14.6. The van der Waals surface area contributed by atoms with Crippen LogP contribution in [-0.2, 0) is 4.79 Å². The Balaban J connectivity index is 1.34. The Hall–Kier alpha value is -2.74. The molecule has 0 aromatic carbocycles. The number of fused-ring (bicyclic) bond motifs is 1. The quantitative estimate of drug-likeness (QED) is 0.660. The Labute approximate surface area is 179 Å². The zero-order valence-corrected chi connectivity index (χ0v) is 17.9. The fourth-order valence-electron chi connectivity index (χ4n) is 4.46. The van der Waals surface area contributed by atoms with E-state index in [0.29, 0.717) is 35.4 Å². The highest BCUT2D eigenvalue weighted by molar-refractivity contribution is 7.20. The first-order valence-electron chi connectivity index (χ1n) is 10.7. The van der Waals surface area contributed by atoms with Gasteiger partial charge in [-0.2, -0.15) is 5.10 Å². The molecule has 0 unspecified atom stereocenters. The van der Waals surface area contributed by atoms with E-state index in [1.54, 1.807) is 23.2 Å². The van der Waals surface area contributed by atoms with E-state index >= 15 is 0 Å². The number of anilines is 2. The van der Waals surface area contributed by atoms with Crippen molar-refractivity contribution >= 4 is 44.9 Å². The Kier molecular flexibility index (Phi) is 5.02. The minimum Gasteiger partial charge on any atom is -0.320 e. The molecule has 2 aliphatic rings. The number of nitrogens with zero attached hydrogens (tertiary/aromatic N) is 4. The van der Waals surface area contributed by atoms with Gasteiger partial charge in [-0.15, -0.1) is 11.3 Å². The number of aryl methyl sites for hydroxylation is 1. The highest BCUT2D eigenvalue weighted by Gasteiger charge is 2.24. The van der Waals surface area contributed by atoms with Crippen molar-refractivity contribution < 1.29 is 9.59 Å². The number of hydrogen-bond donors (Lipinski definition) is 1. The lowest BCUT2D eigenvalue weighted by atomic mass is 9.96. The Morgan fingerprint density at radius 2 is 2.03 bits per heavy atom. The van der Waals surface area contributed by atoms with Gasteiger partial charge in [-0.05, 0) is 44.4 Å². The topological polar surface area (TPSA) is 80.1 Å². The maximum atomic E-state index is 12.9. The molecule has 0 atom stereocenters. The van der Waals surface area contributed by atoms with Gasteiger partial charge in [-0.3, -0.25) is 19.2 Å². The zero-order valence-electron chi connectivity index (χ0n) is 17.1. The molecule has 5 rings (SSSR count). The summed E-state index contributed by atoms with van der Waals surface area (Å²) in [5, 5.41) is 8.76. The van der Waals surface area contributed by atoms with Crippen molar-refractivity contribution in [3.63, 3.8) is 0 Å². The number of rotatable bonds is 4. The summed E-state index contributed by atoms with van der Waals surface area (Å²) in [6, 6.07) is 5.97. The van der Waals surface area contributed by atoms with E-state index in [2.05, 4.69) is 15.0 Å². The van der Waals surface area contributed by atoms with Crippen molar-refractivity contribution in [3.05, 3.63) is 35.0 Å². The molecule has 3 aromatic heterocycles. The van der Waals surface area contributed by atoms with E-state index in [9.17, 15) is 9.59 Å². The minimum atomic E-state index is -0.141. The molecule has 1 aliphatic heterocycles. The lowest BCUT2D eigenvalue weighted by Gasteiger charge is -2.22. The SMILES string of the molecule is Cc1nn(C2CCCCC2)c2sc(C(=O)Nc3ccc(N4CCCC4=O)nc3)cc12. The van der Waals surface area contributed by atoms with Crippen LogP contribution in [-0.4, -0.2) is 33.1 Å². The van der Waals surface area contributed by atoms with Gasteiger partial charge >= 0.3 is 0 Å². The molecule has 30 heavy (non-hydrogen) atoms. The summed E-state index contributed by atoms with van der Waals surface area (Å²) in [7, 11) is 0. The van der Waals surface area contributed by atoms with Crippen LogP contribution in [0.15, 0.2) is 24.4 Å². The summed E-state index contributed by atoms with van der Waals surface area (Å²) >= 11 is 1.50. The first-order valence-corrected chi connectivity index (χ1v) is 11.5. The maximum Gasteiger partial charge on any atom is 0.265 e. The van der Waals surface area contributed by atoms with Gasteiger partial charge in [0.25, 0.3) is 5.91 Å². The molecule has 3 aromatic rings. The van der Waals surface area contributed by atoms with Crippen LogP contribution in [0.5, 0.6) is 0 Å². The summed E-state index contributed by atoms with van der Waals surface area (Å²) in [5.41, 5.74) is 1.60.